The third-order valence-electron chi connectivity index (χ3n) is 2.05. The molecule has 1 aromatic heterocycles. The Morgan fingerprint density at radius 2 is 1.88 bits per heavy atom. The van der Waals surface area contributed by atoms with Crippen LogP contribution in [0.15, 0.2) is 30.5 Å². The zero-order chi connectivity index (χ0) is 12.3. The van der Waals surface area contributed by atoms with E-state index in [-0.39, 0.29) is 5.15 Å². The molecule has 6 heteroatoms. The van der Waals surface area contributed by atoms with E-state index in [4.69, 9.17) is 27.9 Å². The molecule has 2 aromatic rings. The molecule has 88 valence electrons. The first-order chi connectivity index (χ1) is 8.19. The second kappa shape index (κ2) is 5.21. The number of hydrogen-bond donors (Lipinski definition) is 1. The lowest BCUT2D eigenvalue weighted by Gasteiger charge is -2.06. The molecule has 2 rings (SSSR count). The van der Waals surface area contributed by atoms with Crippen molar-refractivity contribution in [1.82, 2.24) is 9.97 Å². The summed E-state index contributed by atoms with van der Waals surface area (Å²) in [6.45, 7) is 0. The van der Waals surface area contributed by atoms with E-state index >= 15 is 0 Å². The summed E-state index contributed by atoms with van der Waals surface area (Å²) < 4.78 is 5.06. The van der Waals surface area contributed by atoms with Gasteiger partial charge in [0.05, 0.1) is 18.3 Å². The molecule has 1 aromatic carbocycles. The van der Waals surface area contributed by atoms with Crippen molar-refractivity contribution in [3.63, 3.8) is 0 Å². The van der Waals surface area contributed by atoms with Crippen molar-refractivity contribution >= 4 is 34.8 Å². The summed E-state index contributed by atoms with van der Waals surface area (Å²) in [5.41, 5.74) is 0.837. The maximum absolute atomic E-state index is 5.78. The molecule has 0 spiro atoms. The third kappa shape index (κ3) is 2.99. The molecule has 0 saturated carbocycles. The van der Waals surface area contributed by atoms with E-state index in [9.17, 15) is 0 Å². The van der Waals surface area contributed by atoms with Gasteiger partial charge in [-0.15, -0.1) is 0 Å². The molecule has 17 heavy (non-hydrogen) atoms. The highest BCUT2D eigenvalue weighted by atomic mass is 35.5. The van der Waals surface area contributed by atoms with Crippen LogP contribution >= 0.6 is 23.2 Å². The third-order valence-corrected chi connectivity index (χ3v) is 2.71. The number of benzene rings is 1. The molecular weight excluding hydrogens is 261 g/mol. The summed E-state index contributed by atoms with van der Waals surface area (Å²) in [4.78, 5) is 8.00. The molecule has 0 atom stereocenters. The van der Waals surface area contributed by atoms with Crippen molar-refractivity contribution in [3.8, 4) is 5.75 Å². The number of halogens is 2. The minimum atomic E-state index is 0.220. The molecule has 0 bridgehead atoms. The van der Waals surface area contributed by atoms with Crippen molar-refractivity contribution in [2.45, 2.75) is 0 Å². The molecule has 0 saturated heterocycles. The molecule has 1 heterocycles. The van der Waals surface area contributed by atoms with E-state index in [0.717, 1.165) is 11.4 Å². The van der Waals surface area contributed by atoms with Gasteiger partial charge in [0.25, 0.3) is 0 Å². The number of ether oxygens (including phenoxy) is 1. The molecule has 0 unspecified atom stereocenters. The minimum Gasteiger partial charge on any atom is -0.497 e. The normalized spacial score (nSPS) is 10.1. The summed E-state index contributed by atoms with van der Waals surface area (Å²) in [7, 11) is 1.62. The largest absolute Gasteiger partial charge is 0.497 e. The Balaban J connectivity index is 2.16. The van der Waals surface area contributed by atoms with Gasteiger partial charge in [-0.05, 0) is 24.3 Å². The fourth-order valence-corrected chi connectivity index (χ4v) is 1.43. The summed E-state index contributed by atoms with van der Waals surface area (Å²) >= 11 is 11.5. The Labute approximate surface area is 109 Å². The van der Waals surface area contributed by atoms with Crippen molar-refractivity contribution in [2.24, 2.45) is 0 Å². The quantitative estimate of drug-likeness (QED) is 0.866. The van der Waals surface area contributed by atoms with Crippen LogP contribution in [0.2, 0.25) is 10.2 Å². The van der Waals surface area contributed by atoms with Gasteiger partial charge in [0.1, 0.15) is 5.75 Å². The summed E-state index contributed by atoms with van der Waals surface area (Å²) in [6, 6.07) is 7.37. The number of rotatable bonds is 3. The van der Waals surface area contributed by atoms with Gasteiger partial charge in [0.2, 0.25) is 5.95 Å². The van der Waals surface area contributed by atoms with Gasteiger partial charge in [-0.1, -0.05) is 23.2 Å². The van der Waals surface area contributed by atoms with Crippen LogP contribution < -0.4 is 10.1 Å². The van der Waals surface area contributed by atoms with Crippen LogP contribution in [0.25, 0.3) is 0 Å². The maximum atomic E-state index is 5.78. The van der Waals surface area contributed by atoms with E-state index in [0.29, 0.717) is 11.0 Å². The SMILES string of the molecule is COc1ccc(Nc2ncc(Cl)c(Cl)n2)cc1. The number of nitrogens with one attached hydrogen (secondary N) is 1. The van der Waals surface area contributed by atoms with E-state index < -0.39 is 0 Å². The smallest absolute Gasteiger partial charge is 0.228 e. The highest BCUT2D eigenvalue weighted by Gasteiger charge is 2.03. The second-order valence-electron chi connectivity index (χ2n) is 3.19. The van der Waals surface area contributed by atoms with Gasteiger partial charge in [-0.25, -0.2) is 4.98 Å². The van der Waals surface area contributed by atoms with Crippen LogP contribution in [-0.4, -0.2) is 17.1 Å². The lowest BCUT2D eigenvalue weighted by atomic mass is 10.3. The molecule has 0 aliphatic heterocycles. The van der Waals surface area contributed by atoms with Gasteiger partial charge in [0, 0.05) is 5.69 Å². The first-order valence-electron chi connectivity index (χ1n) is 4.78. The summed E-state index contributed by atoms with van der Waals surface area (Å²) in [5.74, 6) is 1.18. The molecule has 0 radical (unpaired) electrons. The van der Waals surface area contributed by atoms with Gasteiger partial charge >= 0.3 is 0 Å². The van der Waals surface area contributed by atoms with Crippen LogP contribution in [0.4, 0.5) is 11.6 Å². The van der Waals surface area contributed by atoms with E-state index in [2.05, 4.69) is 15.3 Å². The van der Waals surface area contributed by atoms with E-state index in [1.54, 1.807) is 7.11 Å². The second-order valence-corrected chi connectivity index (χ2v) is 3.95. The molecule has 1 N–H and O–H groups in total. The molecule has 0 amide bonds. The van der Waals surface area contributed by atoms with Crippen LogP contribution in [0.3, 0.4) is 0 Å². The Morgan fingerprint density at radius 1 is 1.18 bits per heavy atom. The van der Waals surface area contributed by atoms with E-state index in [1.165, 1.54) is 6.20 Å². The molecule has 0 aliphatic rings. The highest BCUT2D eigenvalue weighted by molar-refractivity contribution is 6.41. The van der Waals surface area contributed by atoms with Crippen LogP contribution in [0.5, 0.6) is 5.75 Å². The fraction of sp³-hybridized carbons (Fsp3) is 0.0909. The predicted molar refractivity (Wildman–Crippen MR) is 68.3 cm³/mol. The Kier molecular flexibility index (Phi) is 3.66. The van der Waals surface area contributed by atoms with E-state index in [1.807, 2.05) is 24.3 Å². The summed E-state index contributed by atoms with van der Waals surface area (Å²) in [5, 5.41) is 3.55. The number of anilines is 2. The van der Waals surface area contributed by atoms with Gasteiger partial charge in [-0.2, -0.15) is 4.98 Å². The fourth-order valence-electron chi connectivity index (χ4n) is 1.21. The van der Waals surface area contributed by atoms with Crippen molar-refractivity contribution in [1.29, 1.82) is 0 Å². The predicted octanol–water partition coefficient (Wildman–Crippen LogP) is 3.54. The van der Waals surface area contributed by atoms with Crippen molar-refractivity contribution < 1.29 is 4.74 Å². The van der Waals surface area contributed by atoms with Crippen molar-refractivity contribution in [2.75, 3.05) is 12.4 Å². The average molecular weight is 270 g/mol. The maximum Gasteiger partial charge on any atom is 0.228 e. The number of hydrogen-bond acceptors (Lipinski definition) is 4. The summed E-state index contributed by atoms with van der Waals surface area (Å²) in [6.07, 6.45) is 1.45. The lowest BCUT2D eigenvalue weighted by Crippen LogP contribution is -1.97. The molecule has 0 aliphatic carbocycles. The monoisotopic (exact) mass is 269 g/mol. The molecular formula is C11H9Cl2N3O. The lowest BCUT2D eigenvalue weighted by molar-refractivity contribution is 0.415. The number of methoxy groups -OCH3 is 1. The molecule has 0 fully saturated rings. The Morgan fingerprint density at radius 3 is 2.47 bits per heavy atom. The zero-order valence-corrected chi connectivity index (χ0v) is 10.5. The minimum absolute atomic E-state index is 0.220. The Hall–Kier alpha value is -1.52. The zero-order valence-electron chi connectivity index (χ0n) is 8.95. The number of nitrogens with zero attached hydrogens (tertiary/aromatic N) is 2. The average Bonchev–Trinajstić information content (AvgIpc) is 2.35. The molecule has 4 nitrogen and oxygen atoms in total. The number of aromatic nitrogens is 2. The van der Waals surface area contributed by atoms with Crippen molar-refractivity contribution in [3.05, 3.63) is 40.6 Å². The highest BCUT2D eigenvalue weighted by Crippen LogP contribution is 2.22. The Bertz CT molecular complexity index is 517. The van der Waals surface area contributed by atoms with Gasteiger partial charge in [-0.3, -0.25) is 0 Å². The standard InChI is InChI=1S/C11H9Cl2N3O/c1-17-8-4-2-7(3-5-8)15-11-14-6-9(12)10(13)16-11/h2-6H,1H3,(H,14,15,16). The van der Waals surface area contributed by atoms with Crippen LogP contribution in [0.1, 0.15) is 0 Å². The van der Waals surface area contributed by atoms with Gasteiger partial charge in [0.15, 0.2) is 5.15 Å². The first kappa shape index (κ1) is 12.0. The van der Waals surface area contributed by atoms with Gasteiger partial charge < -0.3 is 10.1 Å². The van der Waals surface area contributed by atoms with Crippen LogP contribution in [0, 0.1) is 0 Å². The topological polar surface area (TPSA) is 47.0 Å². The first-order valence-corrected chi connectivity index (χ1v) is 5.54. The van der Waals surface area contributed by atoms with Crippen LogP contribution in [-0.2, 0) is 0 Å².